The maximum absolute atomic E-state index is 11.8. The Morgan fingerprint density at radius 2 is 1.31 bits per heavy atom. The highest BCUT2D eigenvalue weighted by molar-refractivity contribution is 5.68. The van der Waals surface area contributed by atoms with Crippen molar-refractivity contribution in [2.45, 2.75) is 58.4 Å². The van der Waals surface area contributed by atoms with Gasteiger partial charge in [-0.2, -0.15) is 0 Å². The third kappa shape index (κ3) is 12.3. The van der Waals surface area contributed by atoms with Crippen LogP contribution in [0.15, 0.2) is 5.11 Å². The Hall–Kier alpha value is -2.97. The Labute approximate surface area is 201 Å². The summed E-state index contributed by atoms with van der Waals surface area (Å²) in [6, 6.07) is 0. The summed E-state index contributed by atoms with van der Waals surface area (Å²) >= 11 is 0. The molecule has 0 spiro atoms. The molecule has 0 radical (unpaired) electrons. The zero-order valence-corrected chi connectivity index (χ0v) is 20.1. The number of rotatable bonds is 15. The number of hydrogen-bond acceptors (Lipinski definition) is 13. The Morgan fingerprint density at radius 1 is 0.771 bits per heavy atom. The molecule has 0 aromatic carbocycles. The Kier molecular flexibility index (Phi) is 14.3. The van der Waals surface area contributed by atoms with Crippen LogP contribution >= 0.6 is 0 Å². The summed E-state index contributed by atoms with van der Waals surface area (Å²) in [6.45, 7) is 5.29. The van der Waals surface area contributed by atoms with Gasteiger partial charge >= 0.3 is 23.9 Å². The van der Waals surface area contributed by atoms with Gasteiger partial charge in [0.05, 0.1) is 33.0 Å². The van der Waals surface area contributed by atoms with Crippen molar-refractivity contribution in [3.05, 3.63) is 10.4 Å². The molecule has 1 aliphatic rings. The predicted octanol–water partition coefficient (Wildman–Crippen LogP) is 0.430. The first-order valence-electron chi connectivity index (χ1n) is 10.7. The molecule has 1 aliphatic heterocycles. The second-order valence-corrected chi connectivity index (χ2v) is 7.12. The first-order chi connectivity index (χ1) is 16.6. The van der Waals surface area contributed by atoms with Gasteiger partial charge in [-0.3, -0.25) is 19.2 Å². The van der Waals surface area contributed by atoms with E-state index in [1.807, 2.05) is 0 Å². The lowest BCUT2D eigenvalue weighted by atomic mass is 9.98. The van der Waals surface area contributed by atoms with Gasteiger partial charge in [0.15, 0.2) is 24.6 Å². The standard InChI is InChI=1S/C20H31N3O12/c1-12(24)31-11-16-17(32-13(2)25)18(33-14(3)26)19(34-15(4)27)20(35-16)30-10-9-29-8-7-28-6-5-22-23-21/h16-20H,5-11H2,1-4H3. The van der Waals surface area contributed by atoms with E-state index in [1.54, 1.807) is 0 Å². The smallest absolute Gasteiger partial charge is 0.303 e. The quantitative estimate of drug-likeness (QED) is 0.0745. The highest BCUT2D eigenvalue weighted by Crippen LogP contribution is 2.29. The molecule has 0 aromatic heterocycles. The third-order valence-electron chi connectivity index (χ3n) is 4.23. The van der Waals surface area contributed by atoms with E-state index >= 15 is 0 Å². The fourth-order valence-electron chi connectivity index (χ4n) is 3.02. The van der Waals surface area contributed by atoms with Crippen molar-refractivity contribution in [2.75, 3.05) is 46.2 Å². The first kappa shape index (κ1) is 30.1. The first-order valence-corrected chi connectivity index (χ1v) is 10.7. The molecule has 15 nitrogen and oxygen atoms in total. The molecule has 1 fully saturated rings. The average Bonchev–Trinajstić information content (AvgIpc) is 2.76. The van der Waals surface area contributed by atoms with E-state index in [9.17, 15) is 19.2 Å². The molecule has 1 heterocycles. The Bertz CT molecular complexity index is 758. The van der Waals surface area contributed by atoms with Crippen LogP contribution in [0.25, 0.3) is 10.4 Å². The van der Waals surface area contributed by atoms with Gasteiger partial charge in [-0.25, -0.2) is 0 Å². The number of nitrogens with zero attached hydrogens (tertiary/aromatic N) is 3. The van der Waals surface area contributed by atoms with Gasteiger partial charge in [-0.15, -0.1) is 0 Å². The van der Waals surface area contributed by atoms with Crippen LogP contribution in [0, 0.1) is 0 Å². The van der Waals surface area contributed by atoms with Crippen LogP contribution in [0.4, 0.5) is 0 Å². The molecule has 0 aliphatic carbocycles. The normalized spacial score (nSPS) is 23.5. The molecule has 0 bridgehead atoms. The fraction of sp³-hybridized carbons (Fsp3) is 0.800. The van der Waals surface area contributed by atoms with E-state index in [1.165, 1.54) is 6.92 Å². The second-order valence-electron chi connectivity index (χ2n) is 7.12. The van der Waals surface area contributed by atoms with Gasteiger partial charge in [-0.1, -0.05) is 5.11 Å². The van der Waals surface area contributed by atoms with E-state index in [0.29, 0.717) is 0 Å². The van der Waals surface area contributed by atoms with Crippen molar-refractivity contribution in [1.29, 1.82) is 0 Å². The van der Waals surface area contributed by atoms with Gasteiger partial charge < -0.3 is 37.9 Å². The van der Waals surface area contributed by atoms with Crippen LogP contribution in [0.5, 0.6) is 0 Å². The van der Waals surface area contributed by atoms with Gasteiger partial charge in [0.25, 0.3) is 0 Å². The van der Waals surface area contributed by atoms with Gasteiger partial charge in [0, 0.05) is 39.2 Å². The minimum atomic E-state index is -1.30. The van der Waals surface area contributed by atoms with Crippen molar-refractivity contribution in [3.8, 4) is 0 Å². The maximum atomic E-state index is 11.8. The summed E-state index contributed by atoms with van der Waals surface area (Å²) in [5.41, 5.74) is 8.18. The molecule has 1 saturated heterocycles. The monoisotopic (exact) mass is 505 g/mol. The second kappa shape index (κ2) is 16.6. The molecule has 5 atom stereocenters. The van der Waals surface area contributed by atoms with Crippen molar-refractivity contribution < 1.29 is 57.1 Å². The SMILES string of the molecule is CC(=O)OCC1OC(OCCOCCOCCN=[N+]=[N-])C(OC(C)=O)C(OC(C)=O)C1OC(C)=O. The summed E-state index contributed by atoms with van der Waals surface area (Å²) in [5.74, 6) is -2.80. The topological polar surface area (TPSA) is 191 Å². The van der Waals surface area contributed by atoms with Gasteiger partial charge in [0.1, 0.15) is 12.7 Å². The molecule has 15 heteroatoms. The summed E-state index contributed by atoms with van der Waals surface area (Å²) in [6.07, 6.45) is -6.20. The molecule has 198 valence electrons. The van der Waals surface area contributed by atoms with E-state index in [-0.39, 0.29) is 46.2 Å². The number of hydrogen-bond donors (Lipinski definition) is 0. The lowest BCUT2D eigenvalue weighted by Crippen LogP contribution is -2.63. The molecule has 1 rings (SSSR count). The molecular weight excluding hydrogens is 474 g/mol. The summed E-state index contributed by atoms with van der Waals surface area (Å²) < 4.78 is 42.9. The van der Waals surface area contributed by atoms with Gasteiger partial charge in [0.2, 0.25) is 0 Å². The number of carbonyl (C=O) groups is 4. The fourth-order valence-corrected chi connectivity index (χ4v) is 3.02. The van der Waals surface area contributed by atoms with Crippen LogP contribution in [-0.2, 0) is 57.1 Å². The molecule has 0 saturated carbocycles. The minimum absolute atomic E-state index is 0.0214. The highest BCUT2D eigenvalue weighted by atomic mass is 16.7. The largest absolute Gasteiger partial charge is 0.463 e. The molecule has 0 amide bonds. The van der Waals surface area contributed by atoms with Crippen molar-refractivity contribution >= 4 is 23.9 Å². The van der Waals surface area contributed by atoms with E-state index < -0.39 is 54.6 Å². The molecule has 0 aromatic rings. The Balaban J connectivity index is 2.85. The van der Waals surface area contributed by atoms with Crippen molar-refractivity contribution in [2.24, 2.45) is 5.11 Å². The minimum Gasteiger partial charge on any atom is -0.463 e. The van der Waals surface area contributed by atoms with Crippen LogP contribution in [0.1, 0.15) is 27.7 Å². The molecule has 5 unspecified atom stereocenters. The number of carbonyl (C=O) groups excluding carboxylic acids is 4. The van der Waals surface area contributed by atoms with E-state index in [4.69, 9.17) is 43.4 Å². The van der Waals surface area contributed by atoms with Crippen LogP contribution in [0.2, 0.25) is 0 Å². The maximum Gasteiger partial charge on any atom is 0.303 e. The summed E-state index contributed by atoms with van der Waals surface area (Å²) in [4.78, 5) is 49.1. The van der Waals surface area contributed by atoms with E-state index in [0.717, 1.165) is 20.8 Å². The third-order valence-corrected chi connectivity index (χ3v) is 4.23. The predicted molar refractivity (Wildman–Crippen MR) is 114 cm³/mol. The summed E-state index contributed by atoms with van der Waals surface area (Å²) in [5, 5.41) is 3.33. The van der Waals surface area contributed by atoms with Crippen molar-refractivity contribution in [1.82, 2.24) is 0 Å². The van der Waals surface area contributed by atoms with E-state index in [2.05, 4.69) is 10.0 Å². The zero-order valence-electron chi connectivity index (χ0n) is 20.1. The highest BCUT2D eigenvalue weighted by Gasteiger charge is 2.52. The average molecular weight is 505 g/mol. The molecular formula is C20H31N3O12. The number of ether oxygens (including phenoxy) is 8. The van der Waals surface area contributed by atoms with Gasteiger partial charge in [-0.05, 0) is 5.53 Å². The van der Waals surface area contributed by atoms with Crippen molar-refractivity contribution in [3.63, 3.8) is 0 Å². The molecule has 35 heavy (non-hydrogen) atoms. The number of esters is 4. The van der Waals surface area contributed by atoms with Crippen LogP contribution < -0.4 is 0 Å². The lowest BCUT2D eigenvalue weighted by Gasteiger charge is -2.44. The molecule has 0 N–H and O–H groups in total. The summed E-state index contributed by atoms with van der Waals surface area (Å²) in [7, 11) is 0. The number of azide groups is 1. The Morgan fingerprint density at radius 3 is 1.89 bits per heavy atom. The lowest BCUT2D eigenvalue weighted by molar-refractivity contribution is -0.309. The van der Waals surface area contributed by atoms with Crippen LogP contribution in [-0.4, -0.2) is 101 Å². The zero-order chi connectivity index (χ0) is 26.2. The van der Waals surface area contributed by atoms with Crippen LogP contribution in [0.3, 0.4) is 0 Å².